The number of rotatable bonds is 3. The number of piperazine rings is 1. The van der Waals surface area contributed by atoms with Crippen molar-refractivity contribution in [1.29, 1.82) is 0 Å². The SMILES string of the molecule is Cl.O=[N+]([O-])c1cccc(CN2CCNCC2)c1. The molecule has 1 aliphatic heterocycles. The van der Waals surface area contributed by atoms with E-state index in [0.29, 0.717) is 0 Å². The van der Waals surface area contributed by atoms with Gasteiger partial charge in [-0.25, -0.2) is 0 Å². The Labute approximate surface area is 106 Å². The highest BCUT2D eigenvalue weighted by atomic mass is 35.5. The van der Waals surface area contributed by atoms with E-state index in [1.54, 1.807) is 12.1 Å². The van der Waals surface area contributed by atoms with Gasteiger partial charge >= 0.3 is 0 Å². The molecule has 1 N–H and O–H groups in total. The van der Waals surface area contributed by atoms with Crippen molar-refractivity contribution in [2.45, 2.75) is 6.54 Å². The fourth-order valence-electron chi connectivity index (χ4n) is 1.90. The zero-order chi connectivity index (χ0) is 11.4. The maximum absolute atomic E-state index is 10.6. The third-order valence-corrected chi connectivity index (χ3v) is 2.74. The third-order valence-electron chi connectivity index (χ3n) is 2.74. The van der Waals surface area contributed by atoms with Gasteiger partial charge in [-0.15, -0.1) is 12.4 Å². The van der Waals surface area contributed by atoms with Gasteiger partial charge in [0.2, 0.25) is 0 Å². The lowest BCUT2D eigenvalue weighted by Crippen LogP contribution is -2.42. The maximum Gasteiger partial charge on any atom is 0.269 e. The molecule has 0 amide bonds. The normalized spacial score (nSPS) is 16.2. The smallest absolute Gasteiger partial charge is 0.269 e. The van der Waals surface area contributed by atoms with Crippen LogP contribution < -0.4 is 5.32 Å². The molecule has 1 saturated heterocycles. The number of hydrogen-bond donors (Lipinski definition) is 1. The van der Waals surface area contributed by atoms with Gasteiger partial charge in [-0.05, 0) is 5.56 Å². The zero-order valence-electron chi connectivity index (χ0n) is 9.46. The van der Waals surface area contributed by atoms with Crippen LogP contribution >= 0.6 is 12.4 Å². The van der Waals surface area contributed by atoms with Crippen molar-refractivity contribution in [1.82, 2.24) is 10.2 Å². The zero-order valence-corrected chi connectivity index (χ0v) is 10.3. The minimum atomic E-state index is -0.346. The molecular formula is C11H16ClN3O2. The van der Waals surface area contributed by atoms with E-state index in [-0.39, 0.29) is 23.0 Å². The fourth-order valence-corrected chi connectivity index (χ4v) is 1.90. The maximum atomic E-state index is 10.6. The molecular weight excluding hydrogens is 242 g/mol. The first-order valence-corrected chi connectivity index (χ1v) is 5.42. The molecule has 6 heteroatoms. The summed E-state index contributed by atoms with van der Waals surface area (Å²) < 4.78 is 0. The molecule has 0 unspecified atom stereocenters. The first kappa shape index (κ1) is 13.9. The number of nitro benzene ring substituents is 1. The van der Waals surface area contributed by atoms with E-state index >= 15 is 0 Å². The second-order valence-corrected chi connectivity index (χ2v) is 3.95. The Morgan fingerprint density at radius 3 is 2.71 bits per heavy atom. The van der Waals surface area contributed by atoms with Gasteiger partial charge in [0, 0.05) is 44.9 Å². The van der Waals surface area contributed by atoms with E-state index < -0.39 is 0 Å². The van der Waals surface area contributed by atoms with Crippen LogP contribution in [0.2, 0.25) is 0 Å². The van der Waals surface area contributed by atoms with E-state index in [1.165, 1.54) is 6.07 Å². The van der Waals surface area contributed by atoms with Crippen LogP contribution in [0.15, 0.2) is 24.3 Å². The Kier molecular flexibility index (Phi) is 5.34. The second-order valence-electron chi connectivity index (χ2n) is 3.95. The highest BCUT2D eigenvalue weighted by Gasteiger charge is 2.11. The molecule has 1 aliphatic rings. The van der Waals surface area contributed by atoms with E-state index in [2.05, 4.69) is 10.2 Å². The highest BCUT2D eigenvalue weighted by molar-refractivity contribution is 5.85. The summed E-state index contributed by atoms with van der Waals surface area (Å²) in [5.74, 6) is 0. The lowest BCUT2D eigenvalue weighted by Gasteiger charge is -2.27. The molecule has 1 aromatic carbocycles. The predicted octanol–water partition coefficient (Wildman–Crippen LogP) is 1.42. The Morgan fingerprint density at radius 1 is 1.35 bits per heavy atom. The molecule has 0 aliphatic carbocycles. The van der Waals surface area contributed by atoms with Crippen molar-refractivity contribution in [3.8, 4) is 0 Å². The number of nitrogens with one attached hydrogen (secondary N) is 1. The number of hydrogen-bond acceptors (Lipinski definition) is 4. The molecule has 0 spiro atoms. The summed E-state index contributed by atoms with van der Waals surface area (Å²) in [4.78, 5) is 12.6. The topological polar surface area (TPSA) is 58.4 Å². The van der Waals surface area contributed by atoms with Gasteiger partial charge in [-0.1, -0.05) is 12.1 Å². The van der Waals surface area contributed by atoms with Gasteiger partial charge in [-0.2, -0.15) is 0 Å². The van der Waals surface area contributed by atoms with Gasteiger partial charge in [0.1, 0.15) is 0 Å². The van der Waals surface area contributed by atoms with Gasteiger partial charge in [0.25, 0.3) is 5.69 Å². The molecule has 0 saturated carbocycles. The molecule has 2 rings (SSSR count). The summed E-state index contributed by atoms with van der Waals surface area (Å²) in [5.41, 5.74) is 1.18. The quantitative estimate of drug-likeness (QED) is 0.657. The Bertz CT molecular complexity index is 381. The highest BCUT2D eigenvalue weighted by Crippen LogP contribution is 2.14. The van der Waals surface area contributed by atoms with Crippen LogP contribution in [0.25, 0.3) is 0 Å². The van der Waals surface area contributed by atoms with Crippen LogP contribution in [0, 0.1) is 10.1 Å². The van der Waals surface area contributed by atoms with E-state index in [9.17, 15) is 10.1 Å². The summed E-state index contributed by atoms with van der Waals surface area (Å²) in [6, 6.07) is 6.87. The van der Waals surface area contributed by atoms with Crippen molar-refractivity contribution in [2.24, 2.45) is 0 Å². The van der Waals surface area contributed by atoms with Crippen molar-refractivity contribution in [3.05, 3.63) is 39.9 Å². The fraction of sp³-hybridized carbons (Fsp3) is 0.455. The average molecular weight is 258 g/mol. The molecule has 0 atom stereocenters. The van der Waals surface area contributed by atoms with E-state index in [4.69, 9.17) is 0 Å². The Balaban J connectivity index is 0.00000144. The summed E-state index contributed by atoms with van der Waals surface area (Å²) in [6.45, 7) is 4.79. The van der Waals surface area contributed by atoms with Crippen LogP contribution in [0.3, 0.4) is 0 Å². The van der Waals surface area contributed by atoms with Crippen molar-refractivity contribution in [2.75, 3.05) is 26.2 Å². The molecule has 1 aromatic rings. The van der Waals surface area contributed by atoms with Crippen molar-refractivity contribution in [3.63, 3.8) is 0 Å². The third kappa shape index (κ3) is 3.96. The van der Waals surface area contributed by atoms with Gasteiger partial charge < -0.3 is 5.32 Å². The number of nitro groups is 1. The first-order valence-electron chi connectivity index (χ1n) is 5.42. The molecule has 0 aromatic heterocycles. The minimum Gasteiger partial charge on any atom is -0.314 e. The molecule has 0 bridgehead atoms. The van der Waals surface area contributed by atoms with E-state index in [1.807, 2.05) is 6.07 Å². The van der Waals surface area contributed by atoms with Crippen LogP contribution in [-0.4, -0.2) is 36.0 Å². The number of halogens is 1. The Hall–Kier alpha value is -1.17. The van der Waals surface area contributed by atoms with Gasteiger partial charge in [0.15, 0.2) is 0 Å². The van der Waals surface area contributed by atoms with E-state index in [0.717, 1.165) is 38.3 Å². The van der Waals surface area contributed by atoms with Crippen LogP contribution in [-0.2, 0) is 6.54 Å². The average Bonchev–Trinajstić information content (AvgIpc) is 2.30. The molecule has 1 heterocycles. The van der Waals surface area contributed by atoms with Crippen LogP contribution in [0.5, 0.6) is 0 Å². The molecule has 94 valence electrons. The molecule has 1 fully saturated rings. The first-order chi connectivity index (χ1) is 7.75. The summed E-state index contributed by atoms with van der Waals surface area (Å²) in [5, 5.41) is 13.9. The summed E-state index contributed by atoms with van der Waals surface area (Å²) in [7, 11) is 0. The minimum absolute atomic E-state index is 0. The summed E-state index contributed by atoms with van der Waals surface area (Å²) >= 11 is 0. The second kappa shape index (κ2) is 6.54. The van der Waals surface area contributed by atoms with Gasteiger partial charge in [0.05, 0.1) is 4.92 Å². The lowest BCUT2D eigenvalue weighted by atomic mass is 10.2. The monoisotopic (exact) mass is 257 g/mol. The summed E-state index contributed by atoms with van der Waals surface area (Å²) in [6.07, 6.45) is 0. The molecule has 0 radical (unpaired) electrons. The van der Waals surface area contributed by atoms with Crippen LogP contribution in [0.1, 0.15) is 5.56 Å². The predicted molar refractivity (Wildman–Crippen MR) is 68.5 cm³/mol. The van der Waals surface area contributed by atoms with Gasteiger partial charge in [-0.3, -0.25) is 15.0 Å². The number of non-ortho nitro benzene ring substituents is 1. The number of nitrogens with zero attached hydrogens (tertiary/aromatic N) is 2. The molecule has 5 nitrogen and oxygen atoms in total. The standard InChI is InChI=1S/C11H15N3O2.ClH/c15-14(16)11-3-1-2-10(8-11)9-13-6-4-12-5-7-13;/h1-3,8,12H,4-7,9H2;1H. The largest absolute Gasteiger partial charge is 0.314 e. The lowest BCUT2D eigenvalue weighted by molar-refractivity contribution is -0.384. The van der Waals surface area contributed by atoms with Crippen molar-refractivity contribution < 1.29 is 4.92 Å². The van der Waals surface area contributed by atoms with Crippen LogP contribution in [0.4, 0.5) is 5.69 Å². The molecule has 17 heavy (non-hydrogen) atoms. The number of benzene rings is 1. The van der Waals surface area contributed by atoms with Crippen molar-refractivity contribution >= 4 is 18.1 Å². The Morgan fingerprint density at radius 2 is 2.06 bits per heavy atom.